The van der Waals surface area contributed by atoms with E-state index >= 15 is 0 Å². The average molecular weight is 316 g/mol. The Bertz CT molecular complexity index is 680. The minimum atomic E-state index is -4.55. The highest BCUT2D eigenvalue weighted by atomic mass is 19.4. The molecule has 118 valence electrons. The van der Waals surface area contributed by atoms with Crippen LogP contribution >= 0.6 is 0 Å². The van der Waals surface area contributed by atoms with Crippen molar-refractivity contribution >= 4 is 5.97 Å². The van der Waals surface area contributed by atoms with Gasteiger partial charge in [-0.2, -0.15) is 13.2 Å². The number of ether oxygens (including phenoxy) is 1. The van der Waals surface area contributed by atoms with Gasteiger partial charge in [0.1, 0.15) is 5.82 Å². The number of carbonyl (C=O) groups is 1. The normalized spacial score (nSPS) is 11.5. The van der Waals surface area contributed by atoms with E-state index in [1.807, 2.05) is 0 Å². The Balaban J connectivity index is 2.22. The molecule has 0 amide bonds. The van der Waals surface area contributed by atoms with Crippen molar-refractivity contribution in [1.82, 2.24) is 9.55 Å². The molecule has 22 heavy (non-hydrogen) atoms. The van der Waals surface area contributed by atoms with Gasteiger partial charge in [-0.05, 0) is 25.1 Å². The summed E-state index contributed by atoms with van der Waals surface area (Å²) >= 11 is 0. The Hall–Kier alpha value is -2.38. The van der Waals surface area contributed by atoms with Crippen LogP contribution in [0.25, 0.3) is 0 Å². The van der Waals surface area contributed by atoms with Crippen molar-refractivity contribution < 1.29 is 27.1 Å². The summed E-state index contributed by atoms with van der Waals surface area (Å²) in [5.74, 6) is -1.41. The maximum Gasteiger partial charge on any atom is 0.416 e. The fourth-order valence-electron chi connectivity index (χ4n) is 1.83. The molecule has 0 radical (unpaired) electrons. The van der Waals surface area contributed by atoms with Crippen LogP contribution in [-0.4, -0.2) is 22.1 Å². The highest BCUT2D eigenvalue weighted by Crippen LogP contribution is 2.30. The molecule has 4 nitrogen and oxygen atoms in total. The van der Waals surface area contributed by atoms with Gasteiger partial charge in [-0.3, -0.25) is 0 Å². The third kappa shape index (κ3) is 3.63. The van der Waals surface area contributed by atoms with E-state index in [9.17, 15) is 22.4 Å². The largest absolute Gasteiger partial charge is 0.461 e. The van der Waals surface area contributed by atoms with Crippen LogP contribution in [0, 0.1) is 5.82 Å². The monoisotopic (exact) mass is 316 g/mol. The van der Waals surface area contributed by atoms with Crippen molar-refractivity contribution in [3.63, 3.8) is 0 Å². The van der Waals surface area contributed by atoms with E-state index in [2.05, 4.69) is 4.98 Å². The van der Waals surface area contributed by atoms with Crippen LogP contribution < -0.4 is 0 Å². The fourth-order valence-corrected chi connectivity index (χ4v) is 1.83. The number of carbonyl (C=O) groups excluding carboxylic acids is 1. The van der Waals surface area contributed by atoms with Crippen LogP contribution in [0.15, 0.2) is 30.7 Å². The lowest BCUT2D eigenvalue weighted by Crippen LogP contribution is -2.08. The lowest BCUT2D eigenvalue weighted by molar-refractivity contribution is -0.137. The standard InChI is InChI=1S/C14H12F4N2O2/c1-2-22-13(21)12-7-20(8-19-12)6-9-5-10(14(16,17)18)3-4-11(9)15/h3-5,7-8H,2,6H2,1H3. The predicted octanol–water partition coefficient (Wildman–Crippen LogP) is 3.27. The molecular formula is C14H12F4N2O2. The molecule has 0 fully saturated rings. The molecule has 8 heteroatoms. The van der Waals surface area contributed by atoms with E-state index in [-0.39, 0.29) is 24.4 Å². The molecule has 0 N–H and O–H groups in total. The van der Waals surface area contributed by atoms with Gasteiger partial charge in [0.05, 0.1) is 25.0 Å². The lowest BCUT2D eigenvalue weighted by atomic mass is 10.1. The van der Waals surface area contributed by atoms with Crippen molar-refractivity contribution in [3.8, 4) is 0 Å². The zero-order chi connectivity index (χ0) is 16.3. The molecule has 0 aliphatic carbocycles. The number of alkyl halides is 3. The van der Waals surface area contributed by atoms with Gasteiger partial charge in [0, 0.05) is 11.8 Å². The Morgan fingerprint density at radius 2 is 2.09 bits per heavy atom. The number of esters is 1. The molecule has 2 aromatic rings. The summed E-state index contributed by atoms with van der Waals surface area (Å²) in [4.78, 5) is 15.2. The quantitative estimate of drug-likeness (QED) is 0.642. The van der Waals surface area contributed by atoms with Crippen molar-refractivity contribution in [1.29, 1.82) is 0 Å². The van der Waals surface area contributed by atoms with Crippen LogP contribution in [0.1, 0.15) is 28.5 Å². The van der Waals surface area contributed by atoms with Crippen molar-refractivity contribution in [3.05, 3.63) is 53.4 Å². The third-order valence-corrected chi connectivity index (χ3v) is 2.84. The van der Waals surface area contributed by atoms with Crippen molar-refractivity contribution in [2.24, 2.45) is 0 Å². The first-order valence-electron chi connectivity index (χ1n) is 6.35. The molecule has 0 saturated carbocycles. The second-order valence-electron chi connectivity index (χ2n) is 4.46. The number of hydrogen-bond donors (Lipinski definition) is 0. The summed E-state index contributed by atoms with van der Waals surface area (Å²) in [5.41, 5.74) is -1.08. The number of halogens is 4. The molecule has 0 aliphatic rings. The van der Waals surface area contributed by atoms with Crippen molar-refractivity contribution in [2.75, 3.05) is 6.61 Å². The topological polar surface area (TPSA) is 44.1 Å². The van der Waals surface area contributed by atoms with Gasteiger partial charge in [-0.15, -0.1) is 0 Å². The van der Waals surface area contributed by atoms with E-state index in [1.165, 1.54) is 17.1 Å². The van der Waals surface area contributed by atoms with Gasteiger partial charge in [0.15, 0.2) is 5.69 Å². The molecule has 0 aliphatic heterocycles. The van der Waals surface area contributed by atoms with Gasteiger partial charge in [-0.1, -0.05) is 0 Å². The third-order valence-electron chi connectivity index (χ3n) is 2.84. The van der Waals surface area contributed by atoms with Crippen LogP contribution in [0.5, 0.6) is 0 Å². The van der Waals surface area contributed by atoms with Crippen LogP contribution in [0.4, 0.5) is 17.6 Å². The second kappa shape index (κ2) is 6.17. The highest BCUT2D eigenvalue weighted by molar-refractivity contribution is 5.86. The Kier molecular flexibility index (Phi) is 4.48. The summed E-state index contributed by atoms with van der Waals surface area (Å²) in [5, 5.41) is 0. The smallest absolute Gasteiger partial charge is 0.416 e. The van der Waals surface area contributed by atoms with Gasteiger partial charge in [0.25, 0.3) is 0 Å². The summed E-state index contributed by atoms with van der Waals surface area (Å²) in [7, 11) is 0. The predicted molar refractivity (Wildman–Crippen MR) is 68.7 cm³/mol. The van der Waals surface area contributed by atoms with Crippen molar-refractivity contribution in [2.45, 2.75) is 19.6 Å². The van der Waals surface area contributed by atoms with Gasteiger partial charge in [-0.25, -0.2) is 14.2 Å². The SMILES string of the molecule is CCOC(=O)c1cn(Cc2cc(C(F)(F)F)ccc2F)cn1. The lowest BCUT2D eigenvalue weighted by Gasteiger charge is -2.10. The molecule has 0 spiro atoms. The Morgan fingerprint density at radius 1 is 1.36 bits per heavy atom. The minimum Gasteiger partial charge on any atom is -0.461 e. The molecule has 0 saturated heterocycles. The molecule has 1 aromatic carbocycles. The number of benzene rings is 1. The van der Waals surface area contributed by atoms with Crippen LogP contribution in [-0.2, 0) is 17.5 Å². The Labute approximate surface area is 123 Å². The van der Waals surface area contributed by atoms with Crippen LogP contribution in [0.3, 0.4) is 0 Å². The zero-order valence-corrected chi connectivity index (χ0v) is 11.5. The first kappa shape index (κ1) is 16.0. The number of aromatic nitrogens is 2. The van der Waals surface area contributed by atoms with E-state index in [1.54, 1.807) is 6.92 Å². The van der Waals surface area contributed by atoms with E-state index in [0.717, 1.165) is 12.1 Å². The minimum absolute atomic E-state index is 0.00855. The summed E-state index contributed by atoms with van der Waals surface area (Å²) < 4.78 is 57.6. The summed E-state index contributed by atoms with van der Waals surface area (Å²) in [6.07, 6.45) is -2.03. The second-order valence-corrected chi connectivity index (χ2v) is 4.46. The molecule has 1 heterocycles. The molecule has 1 aromatic heterocycles. The highest BCUT2D eigenvalue weighted by Gasteiger charge is 2.31. The van der Waals surface area contributed by atoms with E-state index in [0.29, 0.717) is 6.07 Å². The zero-order valence-electron chi connectivity index (χ0n) is 11.5. The Morgan fingerprint density at radius 3 is 2.73 bits per heavy atom. The van der Waals surface area contributed by atoms with Gasteiger partial charge < -0.3 is 9.30 Å². The maximum atomic E-state index is 13.6. The van der Waals surface area contributed by atoms with Crippen LogP contribution in [0.2, 0.25) is 0 Å². The molecular weight excluding hydrogens is 304 g/mol. The first-order chi connectivity index (χ1) is 10.3. The van der Waals surface area contributed by atoms with Gasteiger partial charge >= 0.3 is 12.1 Å². The summed E-state index contributed by atoms with van der Waals surface area (Å²) in [6.45, 7) is 1.63. The molecule has 0 atom stereocenters. The van der Waals surface area contributed by atoms with E-state index in [4.69, 9.17) is 4.74 Å². The number of imidazole rings is 1. The molecule has 0 unspecified atom stereocenters. The number of rotatable bonds is 4. The molecule has 2 rings (SSSR count). The first-order valence-corrected chi connectivity index (χ1v) is 6.35. The van der Waals surface area contributed by atoms with Gasteiger partial charge in [0.2, 0.25) is 0 Å². The maximum absolute atomic E-state index is 13.6. The number of nitrogens with zero attached hydrogens (tertiary/aromatic N) is 2. The summed E-state index contributed by atoms with van der Waals surface area (Å²) in [6, 6.07) is 2.18. The fraction of sp³-hybridized carbons (Fsp3) is 0.286. The number of hydrogen-bond acceptors (Lipinski definition) is 3. The molecule has 0 bridgehead atoms. The van der Waals surface area contributed by atoms with E-state index < -0.39 is 23.5 Å². The average Bonchev–Trinajstić information content (AvgIpc) is 2.89.